The molecule has 6 heteroatoms. The Bertz CT molecular complexity index is 493. The smallest absolute Gasteiger partial charge is 0.321 e. The molecule has 1 heterocycles. The van der Waals surface area contributed by atoms with Gasteiger partial charge in [-0.05, 0) is 40.9 Å². The minimum atomic E-state index is -0.835. The zero-order valence-corrected chi connectivity index (χ0v) is 11.9. The zero-order chi connectivity index (χ0) is 13.8. The molecule has 102 valence electrons. The van der Waals surface area contributed by atoms with Gasteiger partial charge in [-0.15, -0.1) is 0 Å². The van der Waals surface area contributed by atoms with Crippen LogP contribution in [-0.4, -0.2) is 35.1 Å². The average Bonchev–Trinajstić information content (AvgIpc) is 2.41. The number of aliphatic carboxylic acids is 1. The molecule has 5 nitrogen and oxygen atoms in total. The lowest BCUT2D eigenvalue weighted by molar-refractivity contribution is -0.143. The van der Waals surface area contributed by atoms with Gasteiger partial charge in [-0.2, -0.15) is 0 Å². The monoisotopic (exact) mass is 326 g/mol. The summed E-state index contributed by atoms with van der Waals surface area (Å²) in [6.45, 7) is 0.867. The first-order chi connectivity index (χ1) is 9.08. The standard InChI is InChI=1S/C13H15BrN2O3/c14-10-5-1-2-6-11(10)15-13(19)16-7-3-4-9(8-16)12(17)18/h1-2,5-6,9H,3-4,7-8H2,(H,15,19)(H,17,18)/t9-/m0/s1. The fourth-order valence-electron chi connectivity index (χ4n) is 2.12. The first kappa shape index (κ1) is 13.9. The summed E-state index contributed by atoms with van der Waals surface area (Å²) < 4.78 is 0.801. The number of nitrogens with zero attached hydrogens (tertiary/aromatic N) is 1. The molecule has 19 heavy (non-hydrogen) atoms. The highest BCUT2D eigenvalue weighted by atomic mass is 79.9. The molecule has 0 aromatic heterocycles. The van der Waals surface area contributed by atoms with E-state index in [9.17, 15) is 9.59 Å². The number of carboxylic acid groups (broad SMARTS) is 1. The van der Waals surface area contributed by atoms with Crippen molar-refractivity contribution in [1.82, 2.24) is 4.90 Å². The van der Waals surface area contributed by atoms with Crippen LogP contribution in [0, 0.1) is 5.92 Å². The highest BCUT2D eigenvalue weighted by Crippen LogP contribution is 2.23. The van der Waals surface area contributed by atoms with Crippen LogP contribution in [0.4, 0.5) is 10.5 Å². The maximum absolute atomic E-state index is 12.1. The number of piperidine rings is 1. The molecule has 1 aromatic rings. The summed E-state index contributed by atoms with van der Waals surface area (Å²) in [5.41, 5.74) is 0.685. The van der Waals surface area contributed by atoms with Gasteiger partial charge in [0.1, 0.15) is 0 Å². The molecule has 1 aliphatic rings. The normalized spacial score (nSPS) is 19.0. The Morgan fingerprint density at radius 1 is 1.37 bits per heavy atom. The predicted molar refractivity (Wildman–Crippen MR) is 75.1 cm³/mol. The van der Waals surface area contributed by atoms with Crippen LogP contribution in [-0.2, 0) is 4.79 Å². The van der Waals surface area contributed by atoms with Gasteiger partial charge < -0.3 is 15.3 Å². The molecule has 2 N–H and O–H groups in total. The molecule has 1 aliphatic heterocycles. The number of benzene rings is 1. The second-order valence-corrected chi connectivity index (χ2v) is 5.39. The fraction of sp³-hybridized carbons (Fsp3) is 0.385. The Balaban J connectivity index is 2.00. The number of hydrogen-bond donors (Lipinski definition) is 2. The number of likely N-dealkylation sites (tertiary alicyclic amines) is 1. The van der Waals surface area contributed by atoms with E-state index in [-0.39, 0.29) is 12.6 Å². The van der Waals surface area contributed by atoms with E-state index in [4.69, 9.17) is 5.11 Å². The summed E-state index contributed by atoms with van der Waals surface area (Å²) in [5.74, 6) is -1.29. The largest absolute Gasteiger partial charge is 0.481 e. The Labute approximate surface area is 119 Å². The maximum atomic E-state index is 12.1. The van der Waals surface area contributed by atoms with Crippen LogP contribution in [0.5, 0.6) is 0 Å². The van der Waals surface area contributed by atoms with Gasteiger partial charge in [-0.3, -0.25) is 4.79 Å². The fourth-order valence-corrected chi connectivity index (χ4v) is 2.50. The number of anilines is 1. The van der Waals surface area contributed by atoms with Gasteiger partial charge in [-0.25, -0.2) is 4.79 Å². The Morgan fingerprint density at radius 3 is 2.79 bits per heavy atom. The molecule has 1 atom stereocenters. The van der Waals surface area contributed by atoms with Crippen LogP contribution in [0.3, 0.4) is 0 Å². The third kappa shape index (κ3) is 3.47. The van der Waals surface area contributed by atoms with Crippen molar-refractivity contribution in [3.63, 3.8) is 0 Å². The van der Waals surface area contributed by atoms with Crippen molar-refractivity contribution in [2.75, 3.05) is 18.4 Å². The average molecular weight is 327 g/mol. The van der Waals surface area contributed by atoms with Crippen molar-refractivity contribution >= 4 is 33.6 Å². The van der Waals surface area contributed by atoms with E-state index in [1.807, 2.05) is 18.2 Å². The number of amides is 2. The van der Waals surface area contributed by atoms with Crippen LogP contribution in [0.25, 0.3) is 0 Å². The molecule has 1 fully saturated rings. The van der Waals surface area contributed by atoms with E-state index in [1.54, 1.807) is 11.0 Å². The molecule has 0 aliphatic carbocycles. The van der Waals surface area contributed by atoms with Crippen LogP contribution in [0.15, 0.2) is 28.7 Å². The molecule has 1 saturated heterocycles. The molecule has 0 unspecified atom stereocenters. The predicted octanol–water partition coefficient (Wildman–Crippen LogP) is 2.78. The van der Waals surface area contributed by atoms with Gasteiger partial charge in [0.05, 0.1) is 11.6 Å². The van der Waals surface area contributed by atoms with E-state index in [1.165, 1.54) is 0 Å². The highest BCUT2D eigenvalue weighted by Gasteiger charge is 2.28. The molecule has 0 bridgehead atoms. The number of carboxylic acids is 1. The number of carbonyl (C=O) groups excluding carboxylic acids is 1. The van der Waals surface area contributed by atoms with Crippen LogP contribution >= 0.6 is 15.9 Å². The summed E-state index contributed by atoms with van der Waals surface area (Å²) in [4.78, 5) is 24.6. The van der Waals surface area contributed by atoms with Gasteiger partial charge in [-0.1, -0.05) is 12.1 Å². The number of carbonyl (C=O) groups is 2. The number of urea groups is 1. The molecular formula is C13H15BrN2O3. The Hall–Kier alpha value is -1.56. The molecule has 0 radical (unpaired) electrons. The first-order valence-electron chi connectivity index (χ1n) is 6.11. The quantitative estimate of drug-likeness (QED) is 0.877. The van der Waals surface area contributed by atoms with Crippen molar-refractivity contribution in [1.29, 1.82) is 0 Å². The minimum absolute atomic E-state index is 0.252. The van der Waals surface area contributed by atoms with E-state index in [2.05, 4.69) is 21.2 Å². The molecular weight excluding hydrogens is 312 g/mol. The molecule has 2 amide bonds. The highest BCUT2D eigenvalue weighted by molar-refractivity contribution is 9.10. The molecule has 2 rings (SSSR count). The zero-order valence-electron chi connectivity index (χ0n) is 10.3. The second-order valence-electron chi connectivity index (χ2n) is 4.53. The number of rotatable bonds is 2. The van der Waals surface area contributed by atoms with Gasteiger partial charge >= 0.3 is 12.0 Å². The third-order valence-electron chi connectivity index (χ3n) is 3.17. The van der Waals surface area contributed by atoms with Crippen molar-refractivity contribution in [3.05, 3.63) is 28.7 Å². The Morgan fingerprint density at radius 2 is 2.11 bits per heavy atom. The van der Waals surface area contributed by atoms with E-state index < -0.39 is 11.9 Å². The topological polar surface area (TPSA) is 69.6 Å². The summed E-state index contributed by atoms with van der Waals surface area (Å²) in [6.07, 6.45) is 1.36. The molecule has 0 spiro atoms. The van der Waals surface area contributed by atoms with Gasteiger partial charge in [0.15, 0.2) is 0 Å². The van der Waals surface area contributed by atoms with Crippen LogP contribution in [0.1, 0.15) is 12.8 Å². The first-order valence-corrected chi connectivity index (χ1v) is 6.90. The van der Waals surface area contributed by atoms with Gasteiger partial charge in [0.2, 0.25) is 0 Å². The Kier molecular flexibility index (Phi) is 4.42. The van der Waals surface area contributed by atoms with Crippen molar-refractivity contribution < 1.29 is 14.7 Å². The van der Waals surface area contributed by atoms with Crippen LogP contribution < -0.4 is 5.32 Å². The molecule has 1 aromatic carbocycles. The second kappa shape index (κ2) is 6.06. The lowest BCUT2D eigenvalue weighted by atomic mass is 9.99. The molecule has 0 saturated carbocycles. The third-order valence-corrected chi connectivity index (χ3v) is 3.86. The summed E-state index contributed by atoms with van der Waals surface area (Å²) >= 11 is 3.36. The van der Waals surface area contributed by atoms with Crippen molar-refractivity contribution in [2.45, 2.75) is 12.8 Å². The van der Waals surface area contributed by atoms with E-state index in [0.717, 1.165) is 10.9 Å². The lowest BCUT2D eigenvalue weighted by Gasteiger charge is -2.30. The van der Waals surface area contributed by atoms with Crippen LogP contribution in [0.2, 0.25) is 0 Å². The number of para-hydroxylation sites is 1. The number of halogens is 1. The maximum Gasteiger partial charge on any atom is 0.321 e. The van der Waals surface area contributed by atoms with Gasteiger partial charge in [0.25, 0.3) is 0 Å². The summed E-state index contributed by atoms with van der Waals surface area (Å²) in [7, 11) is 0. The summed E-state index contributed by atoms with van der Waals surface area (Å²) in [6, 6.07) is 7.07. The number of nitrogens with one attached hydrogen (secondary N) is 1. The van der Waals surface area contributed by atoms with Gasteiger partial charge in [0, 0.05) is 17.6 Å². The van der Waals surface area contributed by atoms with Crippen molar-refractivity contribution in [3.8, 4) is 0 Å². The lowest BCUT2D eigenvalue weighted by Crippen LogP contribution is -2.44. The van der Waals surface area contributed by atoms with E-state index in [0.29, 0.717) is 18.7 Å². The van der Waals surface area contributed by atoms with E-state index >= 15 is 0 Å². The summed E-state index contributed by atoms with van der Waals surface area (Å²) in [5, 5.41) is 11.8. The number of hydrogen-bond acceptors (Lipinski definition) is 2. The van der Waals surface area contributed by atoms with Crippen molar-refractivity contribution in [2.24, 2.45) is 5.92 Å². The SMILES string of the molecule is O=C(O)[C@H]1CCCN(C(=O)Nc2ccccc2Br)C1. The minimum Gasteiger partial charge on any atom is -0.481 e.